The molecular weight excluding hydrogens is 233 g/mol. The van der Waals surface area contributed by atoms with Gasteiger partial charge in [-0.05, 0) is 6.07 Å². The van der Waals surface area contributed by atoms with E-state index < -0.39 is 5.82 Å². The van der Waals surface area contributed by atoms with E-state index in [9.17, 15) is 9.18 Å². The minimum absolute atomic E-state index is 0.0966. The first-order valence-electron chi connectivity index (χ1n) is 4.62. The fourth-order valence-corrected chi connectivity index (χ4v) is 4.01. The van der Waals surface area contributed by atoms with Crippen LogP contribution in [0.3, 0.4) is 0 Å². The molecule has 2 rings (SSSR count). The Hall–Kier alpha value is -0.550. The normalized spacial score (nSPS) is 21.3. The number of carbonyl (C=O) groups is 1. The summed E-state index contributed by atoms with van der Waals surface area (Å²) in [7, 11) is 0. The van der Waals surface area contributed by atoms with E-state index in [1.807, 2.05) is 0 Å². The van der Waals surface area contributed by atoms with Gasteiger partial charge in [-0.15, -0.1) is 11.8 Å². The number of hydrogen-bond acceptors (Lipinski definition) is 4. The number of carbonyl (C=O) groups excluding carboxylic acids is 1. The Morgan fingerprint density at radius 3 is 3.07 bits per heavy atom. The van der Waals surface area contributed by atoms with Crippen LogP contribution in [0.5, 0.6) is 0 Å². The van der Waals surface area contributed by atoms with Crippen LogP contribution in [0.2, 0.25) is 0 Å². The molecule has 1 saturated heterocycles. The zero-order chi connectivity index (χ0) is 10.7. The summed E-state index contributed by atoms with van der Waals surface area (Å²) >= 11 is 3.37. The van der Waals surface area contributed by atoms with Gasteiger partial charge in [-0.1, -0.05) is 0 Å². The van der Waals surface area contributed by atoms with Crippen LogP contribution in [0, 0.1) is 5.82 Å². The number of thioether (sulfide) groups is 2. The largest absolute Gasteiger partial charge is 0.293 e. The van der Waals surface area contributed by atoms with Gasteiger partial charge in [0.05, 0.1) is 17.0 Å². The van der Waals surface area contributed by atoms with E-state index in [1.165, 1.54) is 12.3 Å². The Morgan fingerprint density at radius 2 is 2.40 bits per heavy atom. The molecule has 0 amide bonds. The van der Waals surface area contributed by atoms with Crippen LogP contribution >= 0.6 is 23.5 Å². The van der Waals surface area contributed by atoms with Crippen LogP contribution in [0.4, 0.5) is 4.39 Å². The molecule has 1 fully saturated rings. The van der Waals surface area contributed by atoms with Crippen LogP contribution in [-0.2, 0) is 0 Å². The first-order valence-corrected chi connectivity index (χ1v) is 6.82. The first kappa shape index (κ1) is 11.0. The standard InChI is InChI=1S/C10H10FNOS2/c11-8-5-12-2-1-7(8)10(13)9-6-14-3-4-15-9/h1-2,5,9H,3-4,6H2. The number of pyridine rings is 1. The van der Waals surface area contributed by atoms with Crippen molar-refractivity contribution in [2.45, 2.75) is 5.25 Å². The number of halogens is 1. The third-order valence-electron chi connectivity index (χ3n) is 2.15. The third kappa shape index (κ3) is 2.52. The van der Waals surface area contributed by atoms with Gasteiger partial charge in [0.25, 0.3) is 0 Å². The highest BCUT2D eigenvalue weighted by molar-refractivity contribution is 8.07. The molecule has 0 spiro atoms. The molecular formula is C10H10FNOS2. The molecule has 0 aromatic carbocycles. The molecule has 0 aliphatic carbocycles. The molecule has 80 valence electrons. The number of rotatable bonds is 2. The van der Waals surface area contributed by atoms with Crippen molar-refractivity contribution in [3.63, 3.8) is 0 Å². The van der Waals surface area contributed by atoms with Crippen LogP contribution in [0.15, 0.2) is 18.5 Å². The molecule has 2 heterocycles. The summed E-state index contributed by atoms with van der Waals surface area (Å²) in [5.74, 6) is 2.21. The highest BCUT2D eigenvalue weighted by Crippen LogP contribution is 2.27. The van der Waals surface area contributed by atoms with Crippen molar-refractivity contribution in [2.75, 3.05) is 17.3 Å². The van der Waals surface area contributed by atoms with Crippen LogP contribution in [-0.4, -0.2) is 33.3 Å². The summed E-state index contributed by atoms with van der Waals surface area (Å²) in [4.78, 5) is 15.6. The lowest BCUT2D eigenvalue weighted by Gasteiger charge is -2.19. The topological polar surface area (TPSA) is 30.0 Å². The van der Waals surface area contributed by atoms with Gasteiger partial charge in [0.15, 0.2) is 11.6 Å². The maximum Gasteiger partial charge on any atom is 0.179 e. The number of aromatic nitrogens is 1. The monoisotopic (exact) mass is 243 g/mol. The van der Waals surface area contributed by atoms with Gasteiger partial charge in [-0.2, -0.15) is 11.8 Å². The van der Waals surface area contributed by atoms with Crippen molar-refractivity contribution >= 4 is 29.3 Å². The van der Waals surface area contributed by atoms with Crippen LogP contribution < -0.4 is 0 Å². The second-order valence-electron chi connectivity index (χ2n) is 3.15. The van der Waals surface area contributed by atoms with Gasteiger partial charge in [0.2, 0.25) is 0 Å². The lowest BCUT2D eigenvalue weighted by molar-refractivity contribution is 0.0991. The summed E-state index contributed by atoms with van der Waals surface area (Å²) in [5, 5.41) is -0.0966. The molecule has 1 aliphatic heterocycles. The predicted molar refractivity (Wildman–Crippen MR) is 62.1 cm³/mol. The van der Waals surface area contributed by atoms with E-state index in [0.717, 1.165) is 23.5 Å². The SMILES string of the molecule is O=C(c1ccncc1F)C1CSCCS1. The highest BCUT2D eigenvalue weighted by Gasteiger charge is 2.25. The van der Waals surface area contributed by atoms with E-state index >= 15 is 0 Å². The molecule has 1 unspecified atom stereocenters. The molecule has 2 nitrogen and oxygen atoms in total. The Kier molecular flexibility index (Phi) is 3.64. The second-order valence-corrected chi connectivity index (χ2v) is 5.61. The van der Waals surface area contributed by atoms with Gasteiger partial charge in [0, 0.05) is 23.5 Å². The van der Waals surface area contributed by atoms with Gasteiger partial charge in [-0.3, -0.25) is 9.78 Å². The first-order chi connectivity index (χ1) is 7.29. The van der Waals surface area contributed by atoms with Gasteiger partial charge in [0.1, 0.15) is 0 Å². The fraction of sp³-hybridized carbons (Fsp3) is 0.400. The number of nitrogens with zero attached hydrogens (tertiary/aromatic N) is 1. The zero-order valence-electron chi connectivity index (χ0n) is 7.98. The molecule has 1 atom stereocenters. The fourth-order valence-electron chi connectivity index (χ4n) is 1.39. The average molecular weight is 243 g/mol. The summed E-state index contributed by atoms with van der Waals surface area (Å²) in [6.45, 7) is 0. The molecule has 0 radical (unpaired) electrons. The lowest BCUT2D eigenvalue weighted by atomic mass is 10.1. The predicted octanol–water partition coefficient (Wildman–Crippen LogP) is 2.25. The minimum Gasteiger partial charge on any atom is -0.293 e. The molecule has 0 bridgehead atoms. The van der Waals surface area contributed by atoms with Gasteiger partial charge >= 0.3 is 0 Å². The van der Waals surface area contributed by atoms with Crippen molar-refractivity contribution in [3.8, 4) is 0 Å². The van der Waals surface area contributed by atoms with Gasteiger partial charge in [-0.25, -0.2) is 4.39 Å². The maximum atomic E-state index is 13.3. The molecule has 1 aliphatic rings. The zero-order valence-corrected chi connectivity index (χ0v) is 9.61. The highest BCUT2D eigenvalue weighted by atomic mass is 32.2. The van der Waals surface area contributed by atoms with E-state index in [-0.39, 0.29) is 16.6 Å². The summed E-state index contributed by atoms with van der Waals surface area (Å²) < 4.78 is 13.3. The Morgan fingerprint density at radius 1 is 1.53 bits per heavy atom. The van der Waals surface area contributed by atoms with Crippen molar-refractivity contribution < 1.29 is 9.18 Å². The third-order valence-corrected chi connectivity index (χ3v) is 4.90. The number of hydrogen-bond donors (Lipinski definition) is 0. The molecule has 1 aromatic rings. The molecule has 1 aromatic heterocycles. The Bertz CT molecular complexity index is 366. The van der Waals surface area contributed by atoms with E-state index in [1.54, 1.807) is 23.5 Å². The minimum atomic E-state index is -0.515. The second kappa shape index (κ2) is 4.99. The Labute approximate surface area is 96.0 Å². The van der Waals surface area contributed by atoms with E-state index in [2.05, 4.69) is 4.98 Å². The van der Waals surface area contributed by atoms with Crippen molar-refractivity contribution in [1.82, 2.24) is 4.98 Å². The lowest BCUT2D eigenvalue weighted by Crippen LogP contribution is -2.25. The van der Waals surface area contributed by atoms with Gasteiger partial charge < -0.3 is 0 Å². The van der Waals surface area contributed by atoms with Crippen LogP contribution in [0.1, 0.15) is 10.4 Å². The van der Waals surface area contributed by atoms with Crippen LogP contribution in [0.25, 0.3) is 0 Å². The van der Waals surface area contributed by atoms with Crippen molar-refractivity contribution in [1.29, 1.82) is 0 Å². The number of Topliss-reactive ketones (excluding diaryl/α,β-unsaturated/α-hetero) is 1. The average Bonchev–Trinajstić information content (AvgIpc) is 2.30. The molecule has 5 heteroatoms. The van der Waals surface area contributed by atoms with Crippen molar-refractivity contribution in [2.24, 2.45) is 0 Å². The Balaban J connectivity index is 2.16. The summed E-state index contributed by atoms with van der Waals surface area (Å²) in [6, 6.07) is 1.46. The summed E-state index contributed by atoms with van der Waals surface area (Å²) in [6.07, 6.45) is 2.55. The molecule has 15 heavy (non-hydrogen) atoms. The molecule has 0 N–H and O–H groups in total. The smallest absolute Gasteiger partial charge is 0.179 e. The van der Waals surface area contributed by atoms with E-state index in [4.69, 9.17) is 0 Å². The summed E-state index contributed by atoms with van der Waals surface area (Å²) in [5.41, 5.74) is 0.171. The van der Waals surface area contributed by atoms with E-state index in [0.29, 0.717) is 0 Å². The van der Waals surface area contributed by atoms with Crippen molar-refractivity contribution in [3.05, 3.63) is 29.8 Å². The number of ketones is 1. The maximum absolute atomic E-state index is 13.3. The molecule has 0 saturated carbocycles. The quantitative estimate of drug-likeness (QED) is 0.745.